The van der Waals surface area contributed by atoms with E-state index in [4.69, 9.17) is 14.2 Å². The van der Waals surface area contributed by atoms with Gasteiger partial charge in [-0.2, -0.15) is 5.10 Å². The number of para-hydroxylation sites is 1. The van der Waals surface area contributed by atoms with E-state index < -0.39 is 0 Å². The van der Waals surface area contributed by atoms with Crippen molar-refractivity contribution < 1.29 is 14.2 Å². The average molecular weight is 365 g/mol. The Kier molecular flexibility index (Phi) is 5.66. The van der Waals surface area contributed by atoms with Gasteiger partial charge in [0.2, 0.25) is 5.75 Å². The lowest BCUT2D eigenvalue weighted by atomic mass is 10.2. The molecular formula is C16H17BrN2O3. The summed E-state index contributed by atoms with van der Waals surface area (Å²) in [4.78, 5) is 0. The molecule has 0 aromatic heterocycles. The van der Waals surface area contributed by atoms with E-state index >= 15 is 0 Å². The van der Waals surface area contributed by atoms with Crippen molar-refractivity contribution in [3.05, 3.63) is 46.4 Å². The molecule has 6 heteroatoms. The number of halogens is 1. The molecule has 5 nitrogen and oxygen atoms in total. The summed E-state index contributed by atoms with van der Waals surface area (Å²) < 4.78 is 16.8. The van der Waals surface area contributed by atoms with Crippen LogP contribution in [0.4, 0.5) is 5.69 Å². The lowest BCUT2D eigenvalue weighted by Gasteiger charge is -2.12. The minimum Gasteiger partial charge on any atom is -0.493 e. The van der Waals surface area contributed by atoms with Crippen LogP contribution in [0.25, 0.3) is 0 Å². The molecule has 0 aliphatic rings. The Morgan fingerprint density at radius 2 is 1.64 bits per heavy atom. The van der Waals surface area contributed by atoms with E-state index in [-0.39, 0.29) is 0 Å². The summed E-state index contributed by atoms with van der Waals surface area (Å²) in [5, 5.41) is 4.22. The number of rotatable bonds is 6. The topological polar surface area (TPSA) is 52.1 Å². The number of nitrogens with zero attached hydrogens (tertiary/aromatic N) is 1. The van der Waals surface area contributed by atoms with Crippen molar-refractivity contribution >= 4 is 27.8 Å². The fraction of sp³-hybridized carbons (Fsp3) is 0.188. The Morgan fingerprint density at radius 3 is 2.18 bits per heavy atom. The summed E-state index contributed by atoms with van der Waals surface area (Å²) in [7, 11) is 4.73. The van der Waals surface area contributed by atoms with Crippen LogP contribution in [0.2, 0.25) is 0 Å². The predicted octanol–water partition coefficient (Wildman–Crippen LogP) is 3.92. The molecule has 2 aromatic rings. The maximum Gasteiger partial charge on any atom is 0.203 e. The molecule has 0 unspecified atom stereocenters. The van der Waals surface area contributed by atoms with Crippen molar-refractivity contribution in [2.45, 2.75) is 0 Å². The summed E-state index contributed by atoms with van der Waals surface area (Å²) in [5.74, 6) is 1.73. The highest BCUT2D eigenvalue weighted by atomic mass is 79.9. The highest BCUT2D eigenvalue weighted by Gasteiger charge is 2.12. The van der Waals surface area contributed by atoms with Gasteiger partial charge in [0.05, 0.1) is 33.2 Å². The average Bonchev–Trinajstić information content (AvgIpc) is 2.55. The van der Waals surface area contributed by atoms with E-state index in [2.05, 4.69) is 26.5 Å². The monoisotopic (exact) mass is 364 g/mol. The lowest BCUT2D eigenvalue weighted by molar-refractivity contribution is 0.324. The minimum atomic E-state index is 0.556. The SMILES string of the molecule is COc1cc(/C=N/Nc2ccccc2Br)cc(OC)c1OC. The summed E-state index contributed by atoms with van der Waals surface area (Å²) in [6, 6.07) is 11.4. The second-order valence-electron chi connectivity index (χ2n) is 4.31. The smallest absolute Gasteiger partial charge is 0.203 e. The van der Waals surface area contributed by atoms with Crippen LogP contribution in [0.5, 0.6) is 17.2 Å². The van der Waals surface area contributed by atoms with Crippen LogP contribution < -0.4 is 19.6 Å². The standard InChI is InChI=1S/C16H17BrN2O3/c1-20-14-8-11(9-15(21-2)16(14)22-3)10-18-19-13-7-5-4-6-12(13)17/h4-10,19H,1-3H3/b18-10+. The lowest BCUT2D eigenvalue weighted by Crippen LogP contribution is -1.97. The maximum absolute atomic E-state index is 5.31. The van der Waals surface area contributed by atoms with Gasteiger partial charge in [0, 0.05) is 10.0 Å². The molecule has 0 bridgehead atoms. The largest absolute Gasteiger partial charge is 0.493 e. The van der Waals surface area contributed by atoms with Crippen LogP contribution in [-0.4, -0.2) is 27.5 Å². The highest BCUT2D eigenvalue weighted by molar-refractivity contribution is 9.10. The van der Waals surface area contributed by atoms with Gasteiger partial charge in [0.15, 0.2) is 11.5 Å². The second kappa shape index (κ2) is 7.70. The van der Waals surface area contributed by atoms with Gasteiger partial charge in [-0.25, -0.2) is 0 Å². The van der Waals surface area contributed by atoms with Crippen LogP contribution in [0.1, 0.15) is 5.56 Å². The Hall–Kier alpha value is -2.21. The molecule has 0 heterocycles. The van der Waals surface area contributed by atoms with Crippen LogP contribution >= 0.6 is 15.9 Å². The molecule has 116 valence electrons. The summed E-state index contributed by atoms with van der Waals surface area (Å²) >= 11 is 3.45. The van der Waals surface area contributed by atoms with Crippen molar-refractivity contribution in [2.24, 2.45) is 5.10 Å². The third-order valence-corrected chi connectivity index (χ3v) is 3.65. The molecular weight excluding hydrogens is 348 g/mol. The van der Waals surface area contributed by atoms with Crippen LogP contribution in [0, 0.1) is 0 Å². The quantitative estimate of drug-likeness (QED) is 0.623. The first kappa shape index (κ1) is 16.2. The van der Waals surface area contributed by atoms with Crippen LogP contribution in [-0.2, 0) is 0 Å². The Bertz CT molecular complexity index is 649. The van der Waals surface area contributed by atoms with E-state index in [9.17, 15) is 0 Å². The molecule has 2 rings (SSSR count). The number of hydrogen-bond acceptors (Lipinski definition) is 5. The molecule has 2 aromatic carbocycles. The van der Waals surface area contributed by atoms with Gasteiger partial charge < -0.3 is 14.2 Å². The molecule has 1 N–H and O–H groups in total. The molecule has 0 aliphatic carbocycles. The predicted molar refractivity (Wildman–Crippen MR) is 91.5 cm³/mol. The molecule has 0 atom stereocenters. The van der Waals surface area contributed by atoms with Gasteiger partial charge in [-0.15, -0.1) is 0 Å². The normalized spacial score (nSPS) is 10.5. The highest BCUT2D eigenvalue weighted by Crippen LogP contribution is 2.37. The third kappa shape index (κ3) is 3.71. The first-order valence-corrected chi connectivity index (χ1v) is 7.32. The van der Waals surface area contributed by atoms with E-state index in [0.717, 1.165) is 15.7 Å². The third-order valence-electron chi connectivity index (χ3n) is 2.96. The summed E-state index contributed by atoms with van der Waals surface area (Å²) in [6.45, 7) is 0. The van der Waals surface area contributed by atoms with Gasteiger partial charge >= 0.3 is 0 Å². The van der Waals surface area contributed by atoms with Crippen LogP contribution in [0.3, 0.4) is 0 Å². The molecule has 0 saturated heterocycles. The summed E-state index contributed by atoms with van der Waals surface area (Å²) in [6.07, 6.45) is 1.68. The Balaban J connectivity index is 2.22. The van der Waals surface area contributed by atoms with Gasteiger partial charge in [-0.1, -0.05) is 12.1 Å². The number of hydrazone groups is 1. The maximum atomic E-state index is 5.31. The van der Waals surface area contributed by atoms with Gasteiger partial charge in [-0.3, -0.25) is 5.43 Å². The second-order valence-corrected chi connectivity index (χ2v) is 5.16. The molecule has 22 heavy (non-hydrogen) atoms. The Morgan fingerprint density at radius 1 is 1.00 bits per heavy atom. The van der Waals surface area contributed by atoms with E-state index in [0.29, 0.717) is 17.2 Å². The molecule has 0 saturated carbocycles. The van der Waals surface area contributed by atoms with Gasteiger partial charge in [0.1, 0.15) is 0 Å². The zero-order valence-corrected chi connectivity index (χ0v) is 14.2. The van der Waals surface area contributed by atoms with Crippen molar-refractivity contribution in [1.82, 2.24) is 0 Å². The fourth-order valence-corrected chi connectivity index (χ4v) is 2.28. The number of hydrogen-bond donors (Lipinski definition) is 1. The number of benzene rings is 2. The number of methoxy groups -OCH3 is 3. The molecule has 0 aliphatic heterocycles. The van der Waals surface area contributed by atoms with Crippen LogP contribution in [0.15, 0.2) is 46.0 Å². The zero-order chi connectivity index (χ0) is 15.9. The fourth-order valence-electron chi connectivity index (χ4n) is 1.90. The zero-order valence-electron chi connectivity index (χ0n) is 12.6. The molecule has 0 amide bonds. The summed E-state index contributed by atoms with van der Waals surface area (Å²) in [5.41, 5.74) is 4.68. The van der Waals surface area contributed by atoms with Crippen molar-refractivity contribution in [2.75, 3.05) is 26.8 Å². The number of ether oxygens (including phenoxy) is 3. The van der Waals surface area contributed by atoms with E-state index in [1.165, 1.54) is 0 Å². The van der Waals surface area contributed by atoms with Crippen molar-refractivity contribution in [3.63, 3.8) is 0 Å². The minimum absolute atomic E-state index is 0.556. The van der Waals surface area contributed by atoms with Gasteiger partial charge in [0.25, 0.3) is 0 Å². The molecule has 0 spiro atoms. The van der Waals surface area contributed by atoms with Gasteiger partial charge in [-0.05, 0) is 40.2 Å². The number of anilines is 1. The van der Waals surface area contributed by atoms with Crippen molar-refractivity contribution in [3.8, 4) is 17.2 Å². The van der Waals surface area contributed by atoms with Crippen molar-refractivity contribution in [1.29, 1.82) is 0 Å². The molecule has 0 radical (unpaired) electrons. The Labute approximate surface area is 138 Å². The number of nitrogens with one attached hydrogen (secondary N) is 1. The molecule has 0 fully saturated rings. The first-order chi connectivity index (χ1) is 10.7. The van der Waals surface area contributed by atoms with E-state index in [1.807, 2.05) is 36.4 Å². The van der Waals surface area contributed by atoms with E-state index in [1.54, 1.807) is 27.5 Å². The first-order valence-electron chi connectivity index (χ1n) is 6.53.